The summed E-state index contributed by atoms with van der Waals surface area (Å²) >= 11 is 6.10. The smallest absolute Gasteiger partial charge is 0.338 e. The molecule has 1 aromatic rings. The van der Waals surface area contributed by atoms with Gasteiger partial charge in [-0.2, -0.15) is 4.31 Å². The van der Waals surface area contributed by atoms with Crippen LogP contribution >= 0.6 is 11.6 Å². The zero-order chi connectivity index (χ0) is 21.6. The van der Waals surface area contributed by atoms with E-state index < -0.39 is 22.1 Å². The number of carbonyl (C=O) groups excluding carboxylic acids is 2. The van der Waals surface area contributed by atoms with Gasteiger partial charge in [0.2, 0.25) is 10.0 Å². The molecule has 0 spiro atoms. The maximum absolute atomic E-state index is 12.8. The third kappa shape index (κ3) is 5.71. The van der Waals surface area contributed by atoms with Crippen LogP contribution < -0.4 is 0 Å². The molecule has 0 bridgehead atoms. The first-order valence-corrected chi connectivity index (χ1v) is 11.8. The minimum Gasteiger partial charge on any atom is -0.449 e. The third-order valence-corrected chi connectivity index (χ3v) is 7.57. The summed E-state index contributed by atoms with van der Waals surface area (Å²) in [6, 6.07) is 3.96. The van der Waals surface area contributed by atoms with Gasteiger partial charge in [0.25, 0.3) is 5.91 Å². The molecule has 0 saturated carbocycles. The molecule has 1 fully saturated rings. The van der Waals surface area contributed by atoms with Crippen LogP contribution in [0.1, 0.15) is 56.8 Å². The molecule has 7 nitrogen and oxygen atoms in total. The van der Waals surface area contributed by atoms with Gasteiger partial charge in [-0.1, -0.05) is 38.3 Å². The Balaban J connectivity index is 2.18. The van der Waals surface area contributed by atoms with Gasteiger partial charge in [0, 0.05) is 26.2 Å². The first-order valence-electron chi connectivity index (χ1n) is 10.0. The van der Waals surface area contributed by atoms with Crippen LogP contribution in [0.3, 0.4) is 0 Å². The van der Waals surface area contributed by atoms with Crippen molar-refractivity contribution in [2.24, 2.45) is 0 Å². The Kier molecular flexibility index (Phi) is 8.48. The molecule has 9 heteroatoms. The van der Waals surface area contributed by atoms with Crippen molar-refractivity contribution in [3.05, 3.63) is 28.8 Å². The third-order valence-electron chi connectivity index (χ3n) is 5.04. The van der Waals surface area contributed by atoms with Crippen LogP contribution in [0.25, 0.3) is 0 Å². The standard InChI is InChI=1S/C20H29ClN2O5S/c1-4-23(5-2)29(26,27)18-14-16(10-11-17(18)21)20(25)28-15(3)19(24)22-12-8-6-7-9-13-22/h10-11,14-15H,4-9,12-13H2,1-3H3/t15-/m1/s1. The molecule has 1 aliphatic heterocycles. The molecule has 0 unspecified atom stereocenters. The number of halogens is 1. The summed E-state index contributed by atoms with van der Waals surface area (Å²) in [4.78, 5) is 26.7. The van der Waals surface area contributed by atoms with E-state index in [1.807, 2.05) is 0 Å². The first kappa shape index (κ1) is 23.6. The van der Waals surface area contributed by atoms with E-state index in [1.54, 1.807) is 18.7 Å². The van der Waals surface area contributed by atoms with Gasteiger partial charge in [-0.15, -0.1) is 0 Å². The second kappa shape index (κ2) is 10.4. The van der Waals surface area contributed by atoms with Gasteiger partial charge in [0.15, 0.2) is 6.10 Å². The number of hydrogen-bond acceptors (Lipinski definition) is 5. The number of rotatable bonds is 7. The number of carbonyl (C=O) groups is 2. The lowest BCUT2D eigenvalue weighted by Crippen LogP contribution is -2.40. The molecule has 1 saturated heterocycles. The van der Waals surface area contributed by atoms with Crippen molar-refractivity contribution in [2.75, 3.05) is 26.2 Å². The molecule has 162 valence electrons. The largest absolute Gasteiger partial charge is 0.449 e. The summed E-state index contributed by atoms with van der Waals surface area (Å²) in [6.45, 7) is 6.87. The average Bonchev–Trinajstić information content (AvgIpc) is 2.97. The number of benzene rings is 1. The SMILES string of the molecule is CCN(CC)S(=O)(=O)c1cc(C(=O)O[C@H](C)C(=O)N2CCCCCC2)ccc1Cl. The van der Waals surface area contributed by atoms with Crippen molar-refractivity contribution in [2.45, 2.75) is 57.5 Å². The molecule has 0 aromatic heterocycles. The van der Waals surface area contributed by atoms with Gasteiger partial charge >= 0.3 is 5.97 Å². The molecule has 1 heterocycles. The fraction of sp³-hybridized carbons (Fsp3) is 0.600. The molecule has 1 amide bonds. The molecule has 1 atom stereocenters. The van der Waals surface area contributed by atoms with Crippen molar-refractivity contribution >= 4 is 33.5 Å². The number of esters is 1. The zero-order valence-electron chi connectivity index (χ0n) is 17.2. The predicted octanol–water partition coefficient (Wildman–Crippen LogP) is 3.32. The quantitative estimate of drug-likeness (QED) is 0.602. The lowest BCUT2D eigenvalue weighted by Gasteiger charge is -2.24. The minimum absolute atomic E-state index is 0.0298. The van der Waals surface area contributed by atoms with E-state index in [0.29, 0.717) is 13.1 Å². The number of amides is 1. The van der Waals surface area contributed by atoms with Gasteiger partial charge in [0.05, 0.1) is 10.6 Å². The Hall–Kier alpha value is -1.64. The molecule has 1 aliphatic rings. The van der Waals surface area contributed by atoms with E-state index in [9.17, 15) is 18.0 Å². The molecule has 0 N–H and O–H groups in total. The van der Waals surface area contributed by atoms with Crippen LogP contribution in [0.15, 0.2) is 23.1 Å². The zero-order valence-corrected chi connectivity index (χ0v) is 18.8. The second-order valence-corrected chi connectivity index (χ2v) is 9.34. The van der Waals surface area contributed by atoms with Crippen molar-refractivity contribution < 1.29 is 22.7 Å². The van der Waals surface area contributed by atoms with E-state index in [4.69, 9.17) is 16.3 Å². The van der Waals surface area contributed by atoms with Crippen molar-refractivity contribution in [3.63, 3.8) is 0 Å². The van der Waals surface area contributed by atoms with Gasteiger partial charge in [-0.05, 0) is 38.0 Å². The fourth-order valence-corrected chi connectivity index (χ4v) is 5.32. The molecule has 0 aliphatic carbocycles. The fourth-order valence-electron chi connectivity index (χ4n) is 3.36. The highest BCUT2D eigenvalue weighted by molar-refractivity contribution is 7.89. The van der Waals surface area contributed by atoms with E-state index in [1.165, 1.54) is 29.4 Å². The Morgan fingerprint density at radius 2 is 1.72 bits per heavy atom. The minimum atomic E-state index is -3.84. The van der Waals surface area contributed by atoms with E-state index in [-0.39, 0.29) is 34.5 Å². The predicted molar refractivity (Wildman–Crippen MR) is 111 cm³/mol. The Labute approximate surface area is 178 Å². The normalized spacial score (nSPS) is 16.4. The highest BCUT2D eigenvalue weighted by atomic mass is 35.5. The van der Waals surface area contributed by atoms with Crippen LogP contribution in [0.2, 0.25) is 5.02 Å². The lowest BCUT2D eigenvalue weighted by molar-refractivity contribution is -0.139. The number of hydrogen-bond donors (Lipinski definition) is 0. The van der Waals surface area contributed by atoms with E-state index in [2.05, 4.69) is 0 Å². The van der Waals surface area contributed by atoms with Crippen molar-refractivity contribution in [3.8, 4) is 0 Å². The van der Waals surface area contributed by atoms with Crippen LogP contribution in [0.4, 0.5) is 0 Å². The maximum atomic E-state index is 12.8. The summed E-state index contributed by atoms with van der Waals surface area (Å²) in [7, 11) is -3.84. The lowest BCUT2D eigenvalue weighted by atomic mass is 10.2. The molecular formula is C20H29ClN2O5S. The number of ether oxygens (including phenoxy) is 1. The van der Waals surface area contributed by atoms with Gasteiger partial charge in [0.1, 0.15) is 4.90 Å². The van der Waals surface area contributed by atoms with E-state index >= 15 is 0 Å². The number of nitrogens with zero attached hydrogens (tertiary/aromatic N) is 2. The van der Waals surface area contributed by atoms with Crippen LogP contribution in [-0.2, 0) is 19.6 Å². The van der Waals surface area contributed by atoms with Crippen LogP contribution in [0.5, 0.6) is 0 Å². The summed E-state index contributed by atoms with van der Waals surface area (Å²) in [5, 5.41) is 0.0298. The van der Waals surface area contributed by atoms with Crippen LogP contribution in [-0.4, -0.2) is 61.8 Å². The van der Waals surface area contributed by atoms with Crippen LogP contribution in [0, 0.1) is 0 Å². The molecule has 2 rings (SSSR count). The number of likely N-dealkylation sites (tertiary alicyclic amines) is 1. The maximum Gasteiger partial charge on any atom is 0.338 e. The Morgan fingerprint density at radius 3 is 2.28 bits per heavy atom. The molecule has 0 radical (unpaired) electrons. The van der Waals surface area contributed by atoms with Crippen molar-refractivity contribution in [1.82, 2.24) is 9.21 Å². The Morgan fingerprint density at radius 1 is 1.14 bits per heavy atom. The van der Waals surface area contributed by atoms with E-state index in [0.717, 1.165) is 25.7 Å². The molecule has 1 aromatic carbocycles. The van der Waals surface area contributed by atoms with Crippen molar-refractivity contribution in [1.29, 1.82) is 0 Å². The topological polar surface area (TPSA) is 84.0 Å². The summed E-state index contributed by atoms with van der Waals surface area (Å²) < 4.78 is 32.2. The Bertz CT molecular complexity index is 831. The highest BCUT2D eigenvalue weighted by Crippen LogP contribution is 2.26. The number of sulfonamides is 1. The molecule has 29 heavy (non-hydrogen) atoms. The van der Waals surface area contributed by atoms with Gasteiger partial charge < -0.3 is 9.64 Å². The summed E-state index contributed by atoms with van der Waals surface area (Å²) in [6.07, 6.45) is 3.12. The average molecular weight is 445 g/mol. The summed E-state index contributed by atoms with van der Waals surface area (Å²) in [5.41, 5.74) is 0.0376. The van der Waals surface area contributed by atoms with Gasteiger partial charge in [-0.25, -0.2) is 13.2 Å². The first-order chi connectivity index (χ1) is 13.7. The monoisotopic (exact) mass is 444 g/mol. The second-order valence-electron chi connectivity index (χ2n) is 7.02. The van der Waals surface area contributed by atoms with Gasteiger partial charge in [-0.3, -0.25) is 4.79 Å². The highest BCUT2D eigenvalue weighted by Gasteiger charge is 2.28. The summed E-state index contributed by atoms with van der Waals surface area (Å²) in [5.74, 6) is -0.987. The molecular weight excluding hydrogens is 416 g/mol.